The third kappa shape index (κ3) is 3.79. The highest BCUT2D eigenvalue weighted by Crippen LogP contribution is 2.66. The Hall–Kier alpha value is -0.560. The second-order valence-electron chi connectivity index (χ2n) is 13.6. The van der Waals surface area contributed by atoms with Crippen LogP contribution < -0.4 is 0 Å². The molecule has 0 spiro atoms. The molecule has 0 unspecified atom stereocenters. The van der Waals surface area contributed by atoms with Gasteiger partial charge in [0.05, 0.1) is 6.10 Å². The van der Waals surface area contributed by atoms with E-state index in [2.05, 4.69) is 55.0 Å². The fourth-order valence-electron chi connectivity index (χ4n) is 8.86. The topological polar surface area (TPSA) is 20.2 Å². The predicted molar refractivity (Wildman–Crippen MR) is 133 cm³/mol. The zero-order chi connectivity index (χ0) is 22.8. The highest BCUT2D eigenvalue weighted by Gasteiger charge is 2.56. The van der Waals surface area contributed by atoms with E-state index >= 15 is 0 Å². The van der Waals surface area contributed by atoms with Crippen LogP contribution in [0.15, 0.2) is 23.3 Å². The van der Waals surface area contributed by atoms with Crippen LogP contribution in [0.1, 0.15) is 113 Å². The molecule has 2 fully saturated rings. The van der Waals surface area contributed by atoms with Gasteiger partial charge < -0.3 is 5.11 Å². The molecule has 8 atom stereocenters. The zero-order valence-corrected chi connectivity index (χ0v) is 21.7. The Morgan fingerprint density at radius 1 is 1.10 bits per heavy atom. The third-order valence-electron chi connectivity index (χ3n) is 11.2. The maximum atomic E-state index is 10.5. The van der Waals surface area contributed by atoms with E-state index in [0.717, 1.165) is 24.2 Å². The molecule has 0 aromatic carbocycles. The van der Waals surface area contributed by atoms with Crippen molar-refractivity contribution in [1.82, 2.24) is 0 Å². The lowest BCUT2D eigenvalue weighted by Crippen LogP contribution is -2.49. The molecule has 31 heavy (non-hydrogen) atoms. The van der Waals surface area contributed by atoms with Crippen LogP contribution in [-0.2, 0) is 0 Å². The number of hydrogen-bond acceptors (Lipinski definition) is 1. The standard InChI is InChI=1S/C30H50O/c1-19(9-10-20(2)28(4,5)6)23-13-14-25-22-11-12-24-21(3)27(31)16-18-30(24,8)26(22)15-17-29(23,25)7/h19,21,23-25,27,31H,2,9-18H2,1,3-8H3/t19-,21+,23-,24+,25+,27+,29-,30+/m1/s1. The molecule has 0 aliphatic heterocycles. The van der Waals surface area contributed by atoms with Crippen molar-refractivity contribution >= 4 is 0 Å². The summed E-state index contributed by atoms with van der Waals surface area (Å²) < 4.78 is 0. The highest BCUT2D eigenvalue weighted by atomic mass is 16.3. The molecule has 1 nitrogen and oxygen atoms in total. The van der Waals surface area contributed by atoms with Crippen molar-refractivity contribution in [1.29, 1.82) is 0 Å². The minimum atomic E-state index is -0.0753. The molecule has 0 aromatic rings. The average molecular weight is 427 g/mol. The van der Waals surface area contributed by atoms with Crippen molar-refractivity contribution in [2.45, 2.75) is 119 Å². The van der Waals surface area contributed by atoms with Gasteiger partial charge in [-0.05, 0) is 110 Å². The van der Waals surface area contributed by atoms with Gasteiger partial charge in [0.15, 0.2) is 0 Å². The second-order valence-corrected chi connectivity index (χ2v) is 13.6. The summed E-state index contributed by atoms with van der Waals surface area (Å²) in [5.74, 6) is 3.66. The second kappa shape index (κ2) is 8.03. The van der Waals surface area contributed by atoms with Crippen molar-refractivity contribution in [2.75, 3.05) is 0 Å². The van der Waals surface area contributed by atoms with E-state index in [9.17, 15) is 5.11 Å². The van der Waals surface area contributed by atoms with Gasteiger partial charge in [-0.3, -0.25) is 0 Å². The molecule has 4 rings (SSSR count). The van der Waals surface area contributed by atoms with E-state index in [1.807, 2.05) is 11.1 Å². The molecule has 0 bridgehead atoms. The van der Waals surface area contributed by atoms with Gasteiger partial charge >= 0.3 is 0 Å². The van der Waals surface area contributed by atoms with Gasteiger partial charge in [0.25, 0.3) is 0 Å². The molecule has 0 saturated heterocycles. The number of rotatable bonds is 4. The normalized spacial score (nSPS) is 43.8. The molecule has 4 aliphatic carbocycles. The van der Waals surface area contributed by atoms with Gasteiger partial charge in [-0.2, -0.15) is 0 Å². The molecular formula is C30H50O. The summed E-state index contributed by atoms with van der Waals surface area (Å²) in [7, 11) is 0. The summed E-state index contributed by atoms with van der Waals surface area (Å²) in [5, 5.41) is 10.5. The van der Waals surface area contributed by atoms with E-state index in [4.69, 9.17) is 0 Å². The van der Waals surface area contributed by atoms with E-state index in [1.54, 1.807) is 0 Å². The summed E-state index contributed by atoms with van der Waals surface area (Å²) >= 11 is 0. The first kappa shape index (κ1) is 23.6. The van der Waals surface area contributed by atoms with Crippen LogP contribution in [0.25, 0.3) is 0 Å². The Kier molecular flexibility index (Phi) is 6.11. The maximum absolute atomic E-state index is 10.5. The number of hydrogen-bond donors (Lipinski definition) is 1. The lowest BCUT2D eigenvalue weighted by molar-refractivity contribution is -0.0336. The summed E-state index contributed by atoms with van der Waals surface area (Å²) in [6.45, 7) is 21.4. The summed E-state index contributed by atoms with van der Waals surface area (Å²) in [4.78, 5) is 0. The lowest BCUT2D eigenvalue weighted by Gasteiger charge is -2.56. The van der Waals surface area contributed by atoms with Crippen LogP contribution in [0, 0.1) is 45.8 Å². The number of allylic oxidation sites excluding steroid dienone is 3. The predicted octanol–water partition coefficient (Wildman–Crippen LogP) is 8.34. The fourth-order valence-corrected chi connectivity index (χ4v) is 8.86. The molecule has 0 heterocycles. The monoisotopic (exact) mass is 426 g/mol. The van der Waals surface area contributed by atoms with Gasteiger partial charge in [-0.15, -0.1) is 0 Å². The van der Waals surface area contributed by atoms with Crippen LogP contribution in [0.2, 0.25) is 0 Å². The Labute approximate surface area is 193 Å². The molecule has 0 radical (unpaired) electrons. The minimum Gasteiger partial charge on any atom is -0.393 e. The van der Waals surface area contributed by atoms with Crippen molar-refractivity contribution in [3.8, 4) is 0 Å². The van der Waals surface area contributed by atoms with E-state index in [-0.39, 0.29) is 11.5 Å². The Bertz CT molecular complexity index is 738. The van der Waals surface area contributed by atoms with E-state index in [0.29, 0.717) is 22.7 Å². The lowest BCUT2D eigenvalue weighted by atomic mass is 9.49. The molecule has 0 aromatic heterocycles. The molecule has 0 amide bonds. The summed E-state index contributed by atoms with van der Waals surface area (Å²) in [6, 6.07) is 0. The molecular weight excluding hydrogens is 376 g/mol. The van der Waals surface area contributed by atoms with Crippen molar-refractivity contribution in [3.05, 3.63) is 23.3 Å². The SMILES string of the molecule is C=C(CC[C@@H](C)[C@H]1CC[C@H]2C3=C(CC[C@]12C)[C@@]1(C)CC[C@H](O)[C@@H](C)[C@@H]1CC3)C(C)(C)C. The van der Waals surface area contributed by atoms with Gasteiger partial charge in [0, 0.05) is 0 Å². The number of aliphatic hydroxyl groups is 1. The first-order valence-electron chi connectivity index (χ1n) is 13.5. The maximum Gasteiger partial charge on any atom is 0.0569 e. The average Bonchev–Trinajstić information content (AvgIpc) is 3.05. The third-order valence-corrected chi connectivity index (χ3v) is 11.2. The smallest absolute Gasteiger partial charge is 0.0569 e. The highest BCUT2D eigenvalue weighted by molar-refractivity contribution is 5.34. The first-order chi connectivity index (χ1) is 14.4. The largest absolute Gasteiger partial charge is 0.393 e. The quantitative estimate of drug-likeness (QED) is 0.448. The van der Waals surface area contributed by atoms with Gasteiger partial charge in [-0.25, -0.2) is 0 Å². The van der Waals surface area contributed by atoms with Crippen LogP contribution in [0.4, 0.5) is 0 Å². The van der Waals surface area contributed by atoms with Gasteiger partial charge in [0.2, 0.25) is 0 Å². The molecule has 2 saturated carbocycles. The first-order valence-corrected chi connectivity index (χ1v) is 13.5. The number of fused-ring (bicyclic) bond motifs is 4. The fraction of sp³-hybridized carbons (Fsp3) is 0.867. The van der Waals surface area contributed by atoms with Crippen molar-refractivity contribution in [3.63, 3.8) is 0 Å². The summed E-state index contributed by atoms with van der Waals surface area (Å²) in [6.07, 6.45) is 12.8. The van der Waals surface area contributed by atoms with Crippen molar-refractivity contribution < 1.29 is 5.11 Å². The van der Waals surface area contributed by atoms with Gasteiger partial charge in [0.1, 0.15) is 0 Å². The van der Waals surface area contributed by atoms with Crippen LogP contribution >= 0.6 is 0 Å². The zero-order valence-electron chi connectivity index (χ0n) is 21.7. The molecule has 1 heteroatoms. The van der Waals surface area contributed by atoms with Gasteiger partial charge in [-0.1, -0.05) is 71.8 Å². The van der Waals surface area contributed by atoms with Crippen LogP contribution in [0.3, 0.4) is 0 Å². The van der Waals surface area contributed by atoms with Crippen LogP contribution in [0.5, 0.6) is 0 Å². The number of aliphatic hydroxyl groups excluding tert-OH is 1. The molecule has 4 aliphatic rings. The summed E-state index contributed by atoms with van der Waals surface area (Å²) in [5.41, 5.74) is 6.29. The minimum absolute atomic E-state index is 0.0753. The Morgan fingerprint density at radius 3 is 2.48 bits per heavy atom. The van der Waals surface area contributed by atoms with Crippen LogP contribution in [-0.4, -0.2) is 11.2 Å². The molecule has 1 N–H and O–H groups in total. The van der Waals surface area contributed by atoms with E-state index < -0.39 is 0 Å². The van der Waals surface area contributed by atoms with Crippen molar-refractivity contribution in [2.24, 2.45) is 45.8 Å². The molecule has 176 valence electrons. The van der Waals surface area contributed by atoms with E-state index in [1.165, 1.54) is 63.4 Å². The Morgan fingerprint density at radius 2 is 1.81 bits per heavy atom. The Balaban J connectivity index is 1.53.